The lowest BCUT2D eigenvalue weighted by atomic mass is 10.3. The van der Waals surface area contributed by atoms with Crippen LogP contribution in [0.15, 0.2) is 18.5 Å². The summed E-state index contributed by atoms with van der Waals surface area (Å²) in [5.74, 6) is -2.15. The van der Waals surface area contributed by atoms with E-state index in [1.165, 1.54) is 30.2 Å². The maximum Gasteiger partial charge on any atom is 0.354 e. The first kappa shape index (κ1) is 15.2. The highest BCUT2D eigenvalue weighted by molar-refractivity contribution is 6.02. The molecule has 2 rings (SSSR count). The maximum absolute atomic E-state index is 12.0. The van der Waals surface area contributed by atoms with Gasteiger partial charge in [0.25, 0.3) is 5.91 Å². The van der Waals surface area contributed by atoms with Gasteiger partial charge in [-0.25, -0.2) is 9.48 Å². The first-order chi connectivity index (χ1) is 10.4. The van der Waals surface area contributed by atoms with E-state index in [0.29, 0.717) is 0 Å². The standard InChI is InChI=1S/C12H14N6O4/c1-13-11(20)10-7(5-17(2)16-10)15-9(19)6-18-8(12(21)22)3-4-14-18/h3-5H,6H2,1-2H3,(H,13,20)(H,15,19)(H,21,22). The van der Waals surface area contributed by atoms with Gasteiger partial charge in [-0.2, -0.15) is 10.2 Å². The summed E-state index contributed by atoms with van der Waals surface area (Å²) >= 11 is 0. The molecule has 0 atom stereocenters. The summed E-state index contributed by atoms with van der Waals surface area (Å²) in [6.07, 6.45) is 2.76. The monoisotopic (exact) mass is 306 g/mol. The first-order valence-electron chi connectivity index (χ1n) is 6.23. The molecule has 0 fully saturated rings. The molecule has 2 aromatic heterocycles. The third kappa shape index (κ3) is 3.11. The predicted octanol–water partition coefficient (Wildman–Crippen LogP) is -0.687. The van der Waals surface area contributed by atoms with Gasteiger partial charge in [0.2, 0.25) is 5.91 Å². The largest absolute Gasteiger partial charge is 0.477 e. The summed E-state index contributed by atoms with van der Waals surface area (Å²) in [4.78, 5) is 34.6. The van der Waals surface area contributed by atoms with Gasteiger partial charge in [0.1, 0.15) is 12.2 Å². The topological polar surface area (TPSA) is 131 Å². The molecule has 0 unspecified atom stereocenters. The first-order valence-corrected chi connectivity index (χ1v) is 6.23. The Labute approximate surface area is 124 Å². The summed E-state index contributed by atoms with van der Waals surface area (Å²) in [6, 6.07) is 1.29. The van der Waals surface area contributed by atoms with Crippen LogP contribution in [0.2, 0.25) is 0 Å². The molecule has 0 radical (unpaired) electrons. The zero-order valence-corrected chi connectivity index (χ0v) is 11.9. The predicted molar refractivity (Wildman–Crippen MR) is 74.4 cm³/mol. The number of carbonyl (C=O) groups is 3. The van der Waals surface area contributed by atoms with Crippen LogP contribution in [0.25, 0.3) is 0 Å². The van der Waals surface area contributed by atoms with Gasteiger partial charge in [-0.05, 0) is 6.07 Å². The maximum atomic E-state index is 12.0. The van der Waals surface area contributed by atoms with Crippen LogP contribution in [-0.4, -0.2) is 49.5 Å². The molecule has 2 aromatic rings. The van der Waals surface area contributed by atoms with Crippen LogP contribution in [-0.2, 0) is 18.4 Å². The Kier molecular flexibility index (Phi) is 4.20. The number of rotatable bonds is 5. The number of hydrogen-bond donors (Lipinski definition) is 3. The second kappa shape index (κ2) is 6.08. The highest BCUT2D eigenvalue weighted by atomic mass is 16.4. The minimum Gasteiger partial charge on any atom is -0.477 e. The molecule has 0 saturated carbocycles. The number of nitrogens with one attached hydrogen (secondary N) is 2. The molecule has 2 heterocycles. The van der Waals surface area contributed by atoms with Crippen molar-refractivity contribution in [3.63, 3.8) is 0 Å². The summed E-state index contributed by atoms with van der Waals surface area (Å²) in [5, 5.41) is 21.6. The van der Waals surface area contributed by atoms with Crippen LogP contribution in [0, 0.1) is 0 Å². The van der Waals surface area contributed by atoms with Gasteiger partial charge in [0.15, 0.2) is 5.69 Å². The van der Waals surface area contributed by atoms with Gasteiger partial charge in [0.05, 0.1) is 5.69 Å². The van der Waals surface area contributed by atoms with Crippen LogP contribution in [0.5, 0.6) is 0 Å². The summed E-state index contributed by atoms with van der Waals surface area (Å²) < 4.78 is 2.43. The SMILES string of the molecule is CNC(=O)c1nn(C)cc1NC(=O)Cn1nccc1C(=O)O. The Morgan fingerprint density at radius 3 is 2.73 bits per heavy atom. The second-order valence-electron chi connectivity index (χ2n) is 4.37. The van der Waals surface area contributed by atoms with Crippen molar-refractivity contribution >= 4 is 23.5 Å². The van der Waals surface area contributed by atoms with Gasteiger partial charge in [0, 0.05) is 26.5 Å². The number of carboxylic acid groups (broad SMARTS) is 1. The van der Waals surface area contributed by atoms with Crippen molar-refractivity contribution in [2.24, 2.45) is 7.05 Å². The number of aryl methyl sites for hydroxylation is 1. The Morgan fingerprint density at radius 1 is 1.36 bits per heavy atom. The van der Waals surface area contributed by atoms with E-state index in [1.807, 2.05) is 0 Å². The van der Waals surface area contributed by atoms with Crippen molar-refractivity contribution in [1.29, 1.82) is 0 Å². The molecule has 10 nitrogen and oxygen atoms in total. The number of amides is 2. The fourth-order valence-electron chi connectivity index (χ4n) is 1.83. The Morgan fingerprint density at radius 2 is 2.09 bits per heavy atom. The van der Waals surface area contributed by atoms with Crippen molar-refractivity contribution < 1.29 is 19.5 Å². The summed E-state index contributed by atoms with van der Waals surface area (Å²) in [6.45, 7) is -0.295. The third-order valence-corrected chi connectivity index (χ3v) is 2.77. The lowest BCUT2D eigenvalue weighted by molar-refractivity contribution is -0.116. The van der Waals surface area contributed by atoms with Crippen molar-refractivity contribution in [2.75, 3.05) is 12.4 Å². The molecule has 0 aliphatic carbocycles. The van der Waals surface area contributed by atoms with E-state index >= 15 is 0 Å². The minimum absolute atomic E-state index is 0.0669. The fourth-order valence-corrected chi connectivity index (χ4v) is 1.83. The van der Waals surface area contributed by atoms with Crippen LogP contribution >= 0.6 is 0 Å². The van der Waals surface area contributed by atoms with Gasteiger partial charge in [-0.3, -0.25) is 14.3 Å². The van der Waals surface area contributed by atoms with Crippen molar-refractivity contribution in [1.82, 2.24) is 24.9 Å². The normalized spacial score (nSPS) is 10.3. The molecule has 0 bridgehead atoms. The van der Waals surface area contributed by atoms with E-state index in [-0.39, 0.29) is 23.6 Å². The molecule has 0 aliphatic rings. The summed E-state index contributed by atoms with van der Waals surface area (Å²) in [7, 11) is 3.06. The third-order valence-electron chi connectivity index (χ3n) is 2.77. The molecular formula is C12H14N6O4. The van der Waals surface area contributed by atoms with Gasteiger partial charge >= 0.3 is 5.97 Å². The minimum atomic E-state index is -1.18. The number of hydrogen-bond acceptors (Lipinski definition) is 5. The number of aromatic nitrogens is 4. The van der Waals surface area contributed by atoms with E-state index in [2.05, 4.69) is 20.8 Å². The highest BCUT2D eigenvalue weighted by Crippen LogP contribution is 2.13. The quantitative estimate of drug-likeness (QED) is 0.670. The molecular weight excluding hydrogens is 292 g/mol. The van der Waals surface area contributed by atoms with E-state index in [0.717, 1.165) is 4.68 Å². The Balaban J connectivity index is 2.14. The average Bonchev–Trinajstić information content (AvgIpc) is 3.04. The lowest BCUT2D eigenvalue weighted by Gasteiger charge is -2.06. The van der Waals surface area contributed by atoms with E-state index in [9.17, 15) is 14.4 Å². The van der Waals surface area contributed by atoms with Crippen LogP contribution < -0.4 is 10.6 Å². The number of carboxylic acids is 1. The number of nitrogens with zero attached hydrogens (tertiary/aromatic N) is 4. The number of carbonyl (C=O) groups excluding carboxylic acids is 2. The Bertz CT molecular complexity index is 732. The van der Waals surface area contributed by atoms with Gasteiger partial charge < -0.3 is 15.7 Å². The zero-order chi connectivity index (χ0) is 16.3. The lowest BCUT2D eigenvalue weighted by Crippen LogP contribution is -2.24. The molecule has 10 heteroatoms. The van der Waals surface area contributed by atoms with E-state index in [1.54, 1.807) is 7.05 Å². The second-order valence-corrected chi connectivity index (χ2v) is 4.37. The van der Waals surface area contributed by atoms with Crippen LogP contribution in [0.3, 0.4) is 0 Å². The molecule has 22 heavy (non-hydrogen) atoms. The zero-order valence-electron chi connectivity index (χ0n) is 11.9. The molecule has 0 spiro atoms. The van der Waals surface area contributed by atoms with E-state index in [4.69, 9.17) is 5.11 Å². The Hall–Kier alpha value is -3.17. The highest BCUT2D eigenvalue weighted by Gasteiger charge is 2.18. The fraction of sp³-hybridized carbons (Fsp3) is 0.250. The van der Waals surface area contributed by atoms with Gasteiger partial charge in [-0.1, -0.05) is 0 Å². The molecule has 3 N–H and O–H groups in total. The van der Waals surface area contributed by atoms with Crippen molar-refractivity contribution in [3.05, 3.63) is 29.8 Å². The van der Waals surface area contributed by atoms with Crippen molar-refractivity contribution in [3.8, 4) is 0 Å². The average molecular weight is 306 g/mol. The van der Waals surface area contributed by atoms with Crippen LogP contribution in [0.1, 0.15) is 21.0 Å². The van der Waals surface area contributed by atoms with Crippen LogP contribution in [0.4, 0.5) is 5.69 Å². The summed E-state index contributed by atoms with van der Waals surface area (Å²) in [5.41, 5.74) is 0.195. The van der Waals surface area contributed by atoms with E-state index < -0.39 is 17.8 Å². The molecule has 0 aromatic carbocycles. The smallest absolute Gasteiger partial charge is 0.354 e. The molecule has 2 amide bonds. The molecule has 0 saturated heterocycles. The molecule has 0 aliphatic heterocycles. The van der Waals surface area contributed by atoms with Crippen molar-refractivity contribution in [2.45, 2.75) is 6.54 Å². The number of aromatic carboxylic acids is 1. The molecule has 116 valence electrons. The van der Waals surface area contributed by atoms with Gasteiger partial charge in [-0.15, -0.1) is 0 Å². The number of anilines is 1.